The molecule has 0 aliphatic carbocycles. The fourth-order valence-corrected chi connectivity index (χ4v) is 1.96. The monoisotopic (exact) mass is 339 g/mol. The number of rotatable bonds is 3. The van der Waals surface area contributed by atoms with Crippen molar-refractivity contribution >= 4 is 40.9 Å². The maximum absolute atomic E-state index is 12.1. The molecule has 2 amide bonds. The number of anilines is 1. The summed E-state index contributed by atoms with van der Waals surface area (Å²) in [7, 11) is 0. The molecule has 1 aromatic carbocycles. The van der Waals surface area contributed by atoms with Crippen LogP contribution in [0.4, 0.5) is 10.5 Å². The molecule has 0 saturated heterocycles. The number of nitrogens with two attached hydrogens (primary N) is 1. The number of amides is 2. The Balaban J connectivity index is 2.17. The highest BCUT2D eigenvalue weighted by atomic mass is 35.5. The Morgan fingerprint density at radius 2 is 1.91 bits per heavy atom. The summed E-state index contributed by atoms with van der Waals surface area (Å²) < 4.78 is 4.65. The number of nitrogens with zero attached hydrogens (tertiary/aromatic N) is 1. The highest BCUT2D eigenvalue weighted by Crippen LogP contribution is 2.24. The van der Waals surface area contributed by atoms with Crippen molar-refractivity contribution in [3.8, 4) is 5.88 Å². The third kappa shape index (κ3) is 3.87. The average Bonchev–Trinajstić information content (AvgIpc) is 2.44. The van der Waals surface area contributed by atoms with Gasteiger partial charge in [-0.15, -0.1) is 0 Å². The molecule has 0 unspecified atom stereocenters. The molecule has 0 aliphatic heterocycles. The van der Waals surface area contributed by atoms with Gasteiger partial charge in [0, 0.05) is 11.6 Å². The van der Waals surface area contributed by atoms with Gasteiger partial charge in [-0.25, -0.2) is 9.78 Å². The number of pyridine rings is 1. The molecule has 8 heteroatoms. The molecule has 22 heavy (non-hydrogen) atoms. The number of carbonyl (C=O) groups is 2. The van der Waals surface area contributed by atoms with Crippen LogP contribution in [-0.4, -0.2) is 17.0 Å². The first-order valence-electron chi connectivity index (χ1n) is 6.08. The van der Waals surface area contributed by atoms with Crippen LogP contribution in [-0.2, 0) is 0 Å². The maximum atomic E-state index is 12.1. The molecule has 6 nitrogen and oxygen atoms in total. The minimum absolute atomic E-state index is 0.0533. The van der Waals surface area contributed by atoms with Crippen LogP contribution in [0.3, 0.4) is 0 Å². The van der Waals surface area contributed by atoms with Crippen molar-refractivity contribution in [3.63, 3.8) is 0 Å². The third-order valence-electron chi connectivity index (χ3n) is 2.70. The summed E-state index contributed by atoms with van der Waals surface area (Å²) in [6.45, 7) is 1.65. The molecule has 2 rings (SSSR count). The number of aromatic nitrogens is 1. The lowest BCUT2D eigenvalue weighted by atomic mass is 10.2. The zero-order valence-electron chi connectivity index (χ0n) is 11.4. The van der Waals surface area contributed by atoms with Crippen LogP contribution in [0.2, 0.25) is 10.0 Å². The number of carbonyl (C=O) groups excluding carboxylic acids is 2. The first-order valence-corrected chi connectivity index (χ1v) is 6.83. The molecule has 114 valence electrons. The van der Waals surface area contributed by atoms with Gasteiger partial charge in [0.1, 0.15) is 0 Å². The number of hydrogen-bond acceptors (Lipinski definition) is 4. The molecule has 3 N–H and O–H groups in total. The highest BCUT2D eigenvalue weighted by Gasteiger charge is 2.11. The van der Waals surface area contributed by atoms with E-state index in [9.17, 15) is 9.59 Å². The van der Waals surface area contributed by atoms with Crippen molar-refractivity contribution < 1.29 is 14.3 Å². The van der Waals surface area contributed by atoms with Crippen LogP contribution < -0.4 is 15.8 Å². The van der Waals surface area contributed by atoms with E-state index in [1.807, 2.05) is 0 Å². The predicted octanol–water partition coefficient (Wildman–Crippen LogP) is 3.41. The molecule has 0 saturated carbocycles. The molecule has 0 aliphatic rings. The van der Waals surface area contributed by atoms with Crippen LogP contribution in [0.25, 0.3) is 0 Å². The van der Waals surface area contributed by atoms with Crippen LogP contribution in [0.15, 0.2) is 30.3 Å². The minimum atomic E-state index is -0.959. The predicted molar refractivity (Wildman–Crippen MR) is 83.6 cm³/mol. The van der Waals surface area contributed by atoms with Crippen LogP contribution >= 0.6 is 23.2 Å². The summed E-state index contributed by atoms with van der Waals surface area (Å²) in [5.74, 6) is -0.315. The van der Waals surface area contributed by atoms with Crippen LogP contribution in [0.5, 0.6) is 5.88 Å². The molecule has 0 fully saturated rings. The summed E-state index contributed by atoms with van der Waals surface area (Å²) in [5, 5.41) is 3.33. The summed E-state index contributed by atoms with van der Waals surface area (Å²) in [6.07, 6.45) is -0.959. The normalized spacial score (nSPS) is 10.1. The van der Waals surface area contributed by atoms with E-state index < -0.39 is 6.09 Å². The number of benzene rings is 1. The quantitative estimate of drug-likeness (QED) is 0.895. The van der Waals surface area contributed by atoms with Gasteiger partial charge in [-0.2, -0.15) is 0 Å². The number of halogens is 2. The molecule has 1 aromatic heterocycles. The minimum Gasteiger partial charge on any atom is -0.391 e. The van der Waals surface area contributed by atoms with Crippen LogP contribution in [0, 0.1) is 6.92 Å². The van der Waals surface area contributed by atoms with Crippen LogP contribution in [0.1, 0.15) is 16.1 Å². The van der Waals surface area contributed by atoms with E-state index in [0.717, 1.165) is 0 Å². The van der Waals surface area contributed by atoms with Crippen molar-refractivity contribution in [1.82, 2.24) is 4.98 Å². The summed E-state index contributed by atoms with van der Waals surface area (Å²) in [6, 6.07) is 7.52. The van der Waals surface area contributed by atoms with Gasteiger partial charge in [0.2, 0.25) is 5.88 Å². The van der Waals surface area contributed by atoms with Gasteiger partial charge in [-0.3, -0.25) is 4.79 Å². The van der Waals surface area contributed by atoms with Gasteiger partial charge in [0.25, 0.3) is 5.91 Å². The van der Waals surface area contributed by atoms with E-state index >= 15 is 0 Å². The highest BCUT2D eigenvalue weighted by molar-refractivity contribution is 6.42. The first-order chi connectivity index (χ1) is 10.4. The Bertz CT molecular complexity index is 750. The Morgan fingerprint density at radius 3 is 2.50 bits per heavy atom. The lowest BCUT2D eigenvalue weighted by Crippen LogP contribution is -2.17. The van der Waals surface area contributed by atoms with Crippen molar-refractivity contribution in [3.05, 3.63) is 51.6 Å². The number of primary amides is 1. The van der Waals surface area contributed by atoms with Gasteiger partial charge in [0.15, 0.2) is 0 Å². The second-order valence-corrected chi connectivity index (χ2v) is 5.10. The number of ether oxygens (including phenoxy) is 1. The lowest BCUT2D eigenvalue weighted by Gasteiger charge is -2.09. The number of aryl methyl sites for hydroxylation is 1. The smallest absolute Gasteiger partial charge is 0.391 e. The second kappa shape index (κ2) is 6.64. The van der Waals surface area contributed by atoms with Crippen molar-refractivity contribution in [2.24, 2.45) is 5.73 Å². The lowest BCUT2D eigenvalue weighted by molar-refractivity contribution is 0.102. The topological polar surface area (TPSA) is 94.3 Å². The maximum Gasteiger partial charge on any atom is 0.411 e. The average molecular weight is 340 g/mol. The van der Waals surface area contributed by atoms with E-state index in [0.29, 0.717) is 22.0 Å². The van der Waals surface area contributed by atoms with Crippen molar-refractivity contribution in [2.75, 3.05) is 5.32 Å². The number of nitrogens with one attached hydrogen (secondary N) is 1. The Hall–Kier alpha value is -2.31. The molecular formula is C14H11Cl2N3O3. The second-order valence-electron chi connectivity index (χ2n) is 4.29. The summed E-state index contributed by atoms with van der Waals surface area (Å²) in [4.78, 5) is 26.8. The van der Waals surface area contributed by atoms with Crippen molar-refractivity contribution in [1.29, 1.82) is 0 Å². The van der Waals surface area contributed by atoms with Gasteiger partial charge in [0.05, 0.1) is 21.4 Å². The Morgan fingerprint density at radius 1 is 1.18 bits per heavy atom. The van der Waals surface area contributed by atoms with E-state index in [1.165, 1.54) is 18.2 Å². The Labute approximate surface area is 136 Å². The van der Waals surface area contributed by atoms with E-state index in [4.69, 9.17) is 28.9 Å². The zero-order chi connectivity index (χ0) is 16.3. The molecule has 0 spiro atoms. The third-order valence-corrected chi connectivity index (χ3v) is 3.43. The molecule has 0 radical (unpaired) electrons. The molecule has 2 aromatic rings. The fourth-order valence-electron chi connectivity index (χ4n) is 1.66. The number of hydrogen-bond donors (Lipinski definition) is 2. The first kappa shape index (κ1) is 16.1. The molecule has 0 bridgehead atoms. The molecule has 1 heterocycles. The fraction of sp³-hybridized carbons (Fsp3) is 0.0714. The summed E-state index contributed by atoms with van der Waals surface area (Å²) >= 11 is 11.7. The SMILES string of the molecule is Cc1nc(OC(N)=O)ccc1NC(=O)c1ccc(Cl)c(Cl)c1. The van der Waals surface area contributed by atoms with Gasteiger partial charge in [-0.1, -0.05) is 23.2 Å². The van der Waals surface area contributed by atoms with E-state index in [2.05, 4.69) is 15.0 Å². The Kier molecular flexibility index (Phi) is 4.85. The van der Waals surface area contributed by atoms with E-state index in [1.54, 1.807) is 19.1 Å². The molecular weight excluding hydrogens is 329 g/mol. The van der Waals surface area contributed by atoms with E-state index in [-0.39, 0.29) is 16.8 Å². The van der Waals surface area contributed by atoms with Crippen molar-refractivity contribution in [2.45, 2.75) is 6.92 Å². The van der Waals surface area contributed by atoms with Gasteiger partial charge in [-0.05, 0) is 31.2 Å². The largest absolute Gasteiger partial charge is 0.411 e. The van der Waals surface area contributed by atoms with Gasteiger partial charge < -0.3 is 15.8 Å². The zero-order valence-corrected chi connectivity index (χ0v) is 12.9. The summed E-state index contributed by atoms with van der Waals surface area (Å²) in [5.41, 5.74) is 6.19. The standard InChI is InChI=1S/C14H11Cl2N3O3/c1-7-11(4-5-12(18-7)22-14(17)21)19-13(20)8-2-3-9(15)10(16)6-8/h2-6H,1H3,(H2,17,21)(H,19,20). The molecule has 0 atom stereocenters. The van der Waals surface area contributed by atoms with Gasteiger partial charge >= 0.3 is 6.09 Å².